The molecule has 0 unspecified atom stereocenters. The van der Waals surface area contributed by atoms with Gasteiger partial charge in [0.2, 0.25) is 0 Å². The molecule has 3 N–H and O–H groups in total. The van der Waals surface area contributed by atoms with Gasteiger partial charge < -0.3 is 16.0 Å². The van der Waals surface area contributed by atoms with Crippen molar-refractivity contribution in [3.63, 3.8) is 0 Å². The third kappa shape index (κ3) is 4.66. The number of hydrogen-bond donors (Lipinski definition) is 2. The van der Waals surface area contributed by atoms with Crippen LogP contribution < -0.4 is 11.1 Å². The Balaban J connectivity index is 2.10. The van der Waals surface area contributed by atoms with Gasteiger partial charge in [-0.25, -0.2) is 9.97 Å². The first-order valence-electron chi connectivity index (χ1n) is 6.97. The van der Waals surface area contributed by atoms with Crippen molar-refractivity contribution in [1.29, 1.82) is 0 Å². The maximum atomic E-state index is 12.4. The van der Waals surface area contributed by atoms with Crippen molar-refractivity contribution in [3.05, 3.63) is 47.9 Å². The number of carbonyl (C=O) groups excluding carboxylic acids is 2. The number of halogens is 3. The minimum absolute atomic E-state index is 0.0494. The summed E-state index contributed by atoms with van der Waals surface area (Å²) in [6.45, 7) is -0.269. The second kappa shape index (κ2) is 7.16. The molecule has 10 heteroatoms. The molecule has 0 bridgehead atoms. The van der Waals surface area contributed by atoms with E-state index in [2.05, 4.69) is 15.3 Å². The normalized spacial score (nSPS) is 11.0. The predicted molar refractivity (Wildman–Crippen MR) is 83.4 cm³/mol. The van der Waals surface area contributed by atoms with E-state index in [0.29, 0.717) is 16.2 Å². The van der Waals surface area contributed by atoms with Gasteiger partial charge in [0.15, 0.2) is 11.5 Å². The number of rotatable bonds is 4. The highest BCUT2D eigenvalue weighted by atomic mass is 19.4. The summed E-state index contributed by atoms with van der Waals surface area (Å²) in [6, 6.07) is 6.06. The molecule has 0 aliphatic heterocycles. The molecular weight excluding hydrogens is 339 g/mol. The zero-order chi connectivity index (χ0) is 18.6. The van der Waals surface area contributed by atoms with Crippen LogP contribution in [0.5, 0.6) is 0 Å². The number of anilines is 2. The fraction of sp³-hybridized carbons (Fsp3) is 0.200. The molecule has 0 atom stereocenters. The van der Waals surface area contributed by atoms with E-state index in [1.807, 2.05) is 0 Å². The lowest BCUT2D eigenvalue weighted by Gasteiger charge is -2.19. The van der Waals surface area contributed by atoms with E-state index in [1.54, 1.807) is 6.07 Å². The minimum atomic E-state index is -4.94. The van der Waals surface area contributed by atoms with Crippen molar-refractivity contribution < 1.29 is 22.8 Å². The highest BCUT2D eigenvalue weighted by Gasteiger charge is 2.41. The third-order valence-corrected chi connectivity index (χ3v) is 3.14. The fourth-order valence-electron chi connectivity index (χ4n) is 2.02. The van der Waals surface area contributed by atoms with Crippen molar-refractivity contribution in [2.75, 3.05) is 18.1 Å². The van der Waals surface area contributed by atoms with Crippen LogP contribution in [0, 0.1) is 0 Å². The van der Waals surface area contributed by atoms with Gasteiger partial charge in [0.05, 0.1) is 0 Å². The number of carbonyl (C=O) groups is 2. The molecule has 0 spiro atoms. The van der Waals surface area contributed by atoms with Crippen LogP contribution in [0.25, 0.3) is 0 Å². The van der Waals surface area contributed by atoms with E-state index >= 15 is 0 Å². The molecular formula is C15H14F3N5O2. The molecule has 0 aliphatic carbocycles. The number of aromatic nitrogens is 2. The van der Waals surface area contributed by atoms with Gasteiger partial charge in [-0.15, -0.1) is 0 Å². The Labute approximate surface area is 140 Å². The van der Waals surface area contributed by atoms with Crippen molar-refractivity contribution in [1.82, 2.24) is 14.9 Å². The van der Waals surface area contributed by atoms with E-state index in [1.165, 1.54) is 30.6 Å². The van der Waals surface area contributed by atoms with Crippen LogP contribution in [0.1, 0.15) is 16.1 Å². The van der Waals surface area contributed by atoms with Gasteiger partial charge >= 0.3 is 12.1 Å². The summed E-state index contributed by atoms with van der Waals surface area (Å²) in [5, 5.41) is 2.53. The zero-order valence-corrected chi connectivity index (χ0v) is 13.0. The van der Waals surface area contributed by atoms with Gasteiger partial charge in [0.1, 0.15) is 0 Å². The molecule has 132 valence electrons. The van der Waals surface area contributed by atoms with Crippen LogP contribution in [0.15, 0.2) is 36.7 Å². The smallest absolute Gasteiger partial charge is 0.382 e. The largest absolute Gasteiger partial charge is 0.471 e. The molecule has 7 nitrogen and oxygen atoms in total. The number of nitrogens with two attached hydrogens (primary N) is 1. The second-order valence-electron chi connectivity index (χ2n) is 5.10. The minimum Gasteiger partial charge on any atom is -0.382 e. The number of benzene rings is 1. The fourth-order valence-corrected chi connectivity index (χ4v) is 2.02. The number of alkyl halides is 3. The first kappa shape index (κ1) is 18.2. The number of nitrogens with zero attached hydrogens (tertiary/aromatic N) is 3. The summed E-state index contributed by atoms with van der Waals surface area (Å²) >= 11 is 0. The molecule has 1 aromatic carbocycles. The predicted octanol–water partition coefficient (Wildman–Crippen LogP) is 1.83. The molecule has 2 rings (SSSR count). The lowest BCUT2D eigenvalue weighted by atomic mass is 10.2. The van der Waals surface area contributed by atoms with Crippen molar-refractivity contribution >= 4 is 23.3 Å². The maximum absolute atomic E-state index is 12.4. The monoisotopic (exact) mass is 353 g/mol. The summed E-state index contributed by atoms with van der Waals surface area (Å²) in [5.41, 5.74) is 6.22. The molecule has 0 aliphatic rings. The molecule has 2 aromatic rings. The standard InChI is InChI=1S/C15H14F3N5O2/c1-23(14(25)15(16,17)18)8-9-3-2-4-10(7-9)22-13(24)11-12(19)21-6-5-20-11/h2-7H,8H2,1H3,(H2,19,21)(H,22,24). The molecule has 0 radical (unpaired) electrons. The topological polar surface area (TPSA) is 101 Å². The maximum Gasteiger partial charge on any atom is 0.471 e. The highest BCUT2D eigenvalue weighted by molar-refractivity contribution is 6.05. The van der Waals surface area contributed by atoms with Crippen LogP contribution >= 0.6 is 0 Å². The van der Waals surface area contributed by atoms with Crippen LogP contribution in [-0.4, -0.2) is 39.9 Å². The van der Waals surface area contributed by atoms with Crippen LogP contribution in [0.4, 0.5) is 24.7 Å². The van der Waals surface area contributed by atoms with Crippen molar-refractivity contribution in [3.8, 4) is 0 Å². The first-order chi connectivity index (χ1) is 11.7. The Hall–Kier alpha value is -3.17. The van der Waals surface area contributed by atoms with Gasteiger partial charge in [-0.3, -0.25) is 9.59 Å². The SMILES string of the molecule is CN(Cc1cccc(NC(=O)c2nccnc2N)c1)C(=O)C(F)(F)F. The van der Waals surface area contributed by atoms with E-state index in [9.17, 15) is 22.8 Å². The van der Waals surface area contributed by atoms with Crippen LogP contribution in [0.2, 0.25) is 0 Å². The average molecular weight is 353 g/mol. The quantitative estimate of drug-likeness (QED) is 0.873. The number of hydrogen-bond acceptors (Lipinski definition) is 5. The molecule has 1 aromatic heterocycles. The number of nitrogens with one attached hydrogen (secondary N) is 1. The summed E-state index contributed by atoms with van der Waals surface area (Å²) in [4.78, 5) is 31.4. The lowest BCUT2D eigenvalue weighted by Crippen LogP contribution is -2.37. The van der Waals surface area contributed by atoms with Crippen LogP contribution in [-0.2, 0) is 11.3 Å². The Morgan fingerprint density at radius 2 is 1.92 bits per heavy atom. The van der Waals surface area contributed by atoms with Gasteiger partial charge in [-0.2, -0.15) is 13.2 Å². The van der Waals surface area contributed by atoms with E-state index in [-0.39, 0.29) is 18.1 Å². The zero-order valence-electron chi connectivity index (χ0n) is 13.0. The summed E-state index contributed by atoms with van der Waals surface area (Å²) in [5.74, 6) is -2.61. The molecule has 1 heterocycles. The Bertz CT molecular complexity index is 795. The highest BCUT2D eigenvalue weighted by Crippen LogP contribution is 2.20. The third-order valence-electron chi connectivity index (χ3n) is 3.14. The first-order valence-corrected chi connectivity index (χ1v) is 6.97. The summed E-state index contributed by atoms with van der Waals surface area (Å²) in [6.07, 6.45) is -2.30. The van der Waals surface area contributed by atoms with Crippen LogP contribution in [0.3, 0.4) is 0 Å². The van der Waals surface area contributed by atoms with Crippen molar-refractivity contribution in [2.45, 2.75) is 12.7 Å². The molecule has 2 amide bonds. The summed E-state index contributed by atoms with van der Waals surface area (Å²) in [7, 11) is 1.04. The Morgan fingerprint density at radius 1 is 1.24 bits per heavy atom. The number of nitrogen functional groups attached to an aromatic ring is 1. The Morgan fingerprint density at radius 3 is 2.56 bits per heavy atom. The lowest BCUT2D eigenvalue weighted by molar-refractivity contribution is -0.184. The molecule has 0 saturated heterocycles. The van der Waals surface area contributed by atoms with Gasteiger partial charge in [-0.1, -0.05) is 12.1 Å². The van der Waals surface area contributed by atoms with Gasteiger partial charge in [0, 0.05) is 31.7 Å². The average Bonchev–Trinajstić information content (AvgIpc) is 2.53. The molecule has 0 fully saturated rings. The van der Waals surface area contributed by atoms with Gasteiger partial charge in [-0.05, 0) is 17.7 Å². The molecule has 25 heavy (non-hydrogen) atoms. The van der Waals surface area contributed by atoms with E-state index < -0.39 is 18.0 Å². The van der Waals surface area contributed by atoms with Gasteiger partial charge in [0.25, 0.3) is 5.91 Å². The Kier molecular flexibility index (Phi) is 5.20. The molecule has 0 saturated carbocycles. The summed E-state index contributed by atoms with van der Waals surface area (Å²) < 4.78 is 37.2. The number of amides is 2. The van der Waals surface area contributed by atoms with Crippen molar-refractivity contribution in [2.24, 2.45) is 0 Å². The van der Waals surface area contributed by atoms with E-state index in [4.69, 9.17) is 5.73 Å². The van der Waals surface area contributed by atoms with E-state index in [0.717, 1.165) is 7.05 Å². The second-order valence-corrected chi connectivity index (χ2v) is 5.10.